The Balaban J connectivity index is 2.36. The van der Waals surface area contributed by atoms with Crippen LogP contribution < -0.4 is 11.3 Å². The number of aryl methyl sites for hydroxylation is 1. The summed E-state index contributed by atoms with van der Waals surface area (Å²) in [5.74, 6) is 5.48. The molecule has 0 saturated carbocycles. The molecule has 2 rings (SSSR count). The maximum atomic E-state index is 5.48. The lowest BCUT2D eigenvalue weighted by Crippen LogP contribution is -2.29. The maximum absolute atomic E-state index is 5.48. The SMILES string of the molecule is Cn1nncc1C(NN)c1cncs1. The Labute approximate surface area is 84.7 Å². The fourth-order valence-electron chi connectivity index (χ4n) is 1.24. The zero-order chi connectivity index (χ0) is 9.97. The molecule has 0 bridgehead atoms. The van der Waals surface area contributed by atoms with E-state index in [1.165, 1.54) is 0 Å². The van der Waals surface area contributed by atoms with Gasteiger partial charge in [0.25, 0.3) is 0 Å². The lowest BCUT2D eigenvalue weighted by molar-refractivity contribution is 0.576. The molecule has 2 heterocycles. The second kappa shape index (κ2) is 3.82. The van der Waals surface area contributed by atoms with Crippen molar-refractivity contribution in [3.05, 3.63) is 28.5 Å². The third-order valence-corrected chi connectivity index (χ3v) is 2.79. The standard InChI is InChI=1S/C7H10N6S/c1-13-5(2-10-12-13)7(11-8)6-3-9-4-14-6/h2-4,7,11H,8H2,1H3. The number of nitrogens with one attached hydrogen (secondary N) is 1. The summed E-state index contributed by atoms with van der Waals surface area (Å²) in [6.45, 7) is 0. The highest BCUT2D eigenvalue weighted by Gasteiger charge is 2.17. The highest BCUT2D eigenvalue weighted by atomic mass is 32.1. The van der Waals surface area contributed by atoms with Crippen molar-refractivity contribution in [3.8, 4) is 0 Å². The first kappa shape index (κ1) is 9.25. The van der Waals surface area contributed by atoms with Crippen LogP contribution in [-0.2, 0) is 7.05 Å². The molecular weight excluding hydrogens is 200 g/mol. The summed E-state index contributed by atoms with van der Waals surface area (Å²) in [6.07, 6.45) is 3.46. The van der Waals surface area contributed by atoms with Crippen molar-refractivity contribution in [2.75, 3.05) is 0 Å². The highest BCUT2D eigenvalue weighted by Crippen LogP contribution is 2.22. The van der Waals surface area contributed by atoms with Crippen LogP contribution in [0.25, 0.3) is 0 Å². The maximum Gasteiger partial charge on any atom is 0.100 e. The minimum atomic E-state index is -0.0949. The summed E-state index contributed by atoms with van der Waals surface area (Å²) in [4.78, 5) is 5.04. The van der Waals surface area contributed by atoms with E-state index in [1.54, 1.807) is 33.9 Å². The van der Waals surface area contributed by atoms with Crippen LogP contribution in [0.15, 0.2) is 17.9 Å². The van der Waals surface area contributed by atoms with Gasteiger partial charge in [-0.05, 0) is 0 Å². The van der Waals surface area contributed by atoms with Gasteiger partial charge in [0.2, 0.25) is 0 Å². The van der Waals surface area contributed by atoms with E-state index >= 15 is 0 Å². The lowest BCUT2D eigenvalue weighted by atomic mass is 10.2. The Bertz CT molecular complexity index is 394. The van der Waals surface area contributed by atoms with Gasteiger partial charge in [0.1, 0.15) is 6.04 Å². The monoisotopic (exact) mass is 210 g/mol. The summed E-state index contributed by atoms with van der Waals surface area (Å²) >= 11 is 1.54. The average molecular weight is 210 g/mol. The molecule has 74 valence electrons. The van der Waals surface area contributed by atoms with Gasteiger partial charge in [0.15, 0.2) is 0 Å². The molecule has 3 N–H and O–H groups in total. The first-order valence-corrected chi connectivity index (χ1v) is 4.90. The number of nitrogens with two attached hydrogens (primary N) is 1. The van der Waals surface area contributed by atoms with Crippen molar-refractivity contribution in [2.24, 2.45) is 12.9 Å². The number of nitrogens with zero attached hydrogens (tertiary/aromatic N) is 4. The first-order valence-electron chi connectivity index (χ1n) is 4.02. The summed E-state index contributed by atoms with van der Waals surface area (Å²) in [6, 6.07) is -0.0949. The summed E-state index contributed by atoms with van der Waals surface area (Å²) < 4.78 is 1.68. The van der Waals surface area contributed by atoms with Gasteiger partial charge >= 0.3 is 0 Å². The van der Waals surface area contributed by atoms with Gasteiger partial charge in [-0.25, -0.2) is 5.43 Å². The molecule has 0 saturated heterocycles. The number of rotatable bonds is 3. The Morgan fingerprint density at radius 3 is 2.93 bits per heavy atom. The Morgan fingerprint density at radius 2 is 2.43 bits per heavy atom. The van der Waals surface area contributed by atoms with Crippen LogP contribution in [0.4, 0.5) is 0 Å². The van der Waals surface area contributed by atoms with Crippen LogP contribution in [0, 0.1) is 0 Å². The second-order valence-corrected chi connectivity index (χ2v) is 3.70. The zero-order valence-electron chi connectivity index (χ0n) is 7.58. The number of thiazole rings is 1. The molecule has 0 spiro atoms. The van der Waals surface area contributed by atoms with E-state index in [9.17, 15) is 0 Å². The molecule has 2 aromatic rings. The summed E-state index contributed by atoms with van der Waals surface area (Å²) in [7, 11) is 1.83. The molecule has 0 aliphatic carbocycles. The van der Waals surface area contributed by atoms with E-state index < -0.39 is 0 Å². The van der Waals surface area contributed by atoms with E-state index in [1.807, 2.05) is 7.05 Å². The largest absolute Gasteiger partial charge is 0.270 e. The number of aromatic nitrogens is 4. The number of hydrogen-bond donors (Lipinski definition) is 2. The summed E-state index contributed by atoms with van der Waals surface area (Å²) in [5.41, 5.74) is 5.40. The van der Waals surface area contributed by atoms with Crippen molar-refractivity contribution in [1.82, 2.24) is 25.4 Å². The van der Waals surface area contributed by atoms with Gasteiger partial charge in [0, 0.05) is 18.1 Å². The van der Waals surface area contributed by atoms with Crippen molar-refractivity contribution in [1.29, 1.82) is 0 Å². The normalized spacial score (nSPS) is 13.0. The highest BCUT2D eigenvalue weighted by molar-refractivity contribution is 7.09. The topological polar surface area (TPSA) is 81.7 Å². The van der Waals surface area contributed by atoms with E-state index in [2.05, 4.69) is 20.7 Å². The third kappa shape index (κ3) is 1.52. The van der Waals surface area contributed by atoms with Gasteiger partial charge in [0.05, 0.1) is 17.4 Å². The van der Waals surface area contributed by atoms with Crippen LogP contribution >= 0.6 is 11.3 Å². The molecule has 1 atom stereocenters. The smallest absolute Gasteiger partial charge is 0.100 e. The molecule has 7 heteroatoms. The van der Waals surface area contributed by atoms with Crippen LogP contribution in [-0.4, -0.2) is 20.0 Å². The van der Waals surface area contributed by atoms with Gasteiger partial charge in [-0.1, -0.05) is 5.21 Å². The Hall–Kier alpha value is -1.31. The molecule has 1 unspecified atom stereocenters. The molecule has 14 heavy (non-hydrogen) atoms. The zero-order valence-corrected chi connectivity index (χ0v) is 8.40. The average Bonchev–Trinajstić information content (AvgIpc) is 2.80. The lowest BCUT2D eigenvalue weighted by Gasteiger charge is -2.12. The van der Waals surface area contributed by atoms with Crippen molar-refractivity contribution in [3.63, 3.8) is 0 Å². The predicted octanol–water partition coefficient (Wildman–Crippen LogP) is -0.176. The minimum Gasteiger partial charge on any atom is -0.270 e. The van der Waals surface area contributed by atoms with E-state index in [0.29, 0.717) is 0 Å². The van der Waals surface area contributed by atoms with Crippen molar-refractivity contribution in [2.45, 2.75) is 6.04 Å². The molecule has 0 aliphatic heterocycles. The van der Waals surface area contributed by atoms with E-state index in [4.69, 9.17) is 5.84 Å². The number of hydrogen-bond acceptors (Lipinski definition) is 6. The van der Waals surface area contributed by atoms with Gasteiger partial charge in [-0.3, -0.25) is 15.5 Å². The molecule has 0 aromatic carbocycles. The number of hydrazine groups is 1. The molecule has 6 nitrogen and oxygen atoms in total. The summed E-state index contributed by atoms with van der Waals surface area (Å²) in [5, 5.41) is 7.65. The molecular formula is C7H10N6S. The molecule has 0 fully saturated rings. The predicted molar refractivity (Wildman–Crippen MR) is 52.3 cm³/mol. The van der Waals surface area contributed by atoms with Crippen molar-refractivity contribution < 1.29 is 0 Å². The molecule has 0 radical (unpaired) electrons. The van der Waals surface area contributed by atoms with Crippen LogP contribution in [0.1, 0.15) is 16.6 Å². The van der Waals surface area contributed by atoms with E-state index in [0.717, 1.165) is 10.6 Å². The van der Waals surface area contributed by atoms with Crippen molar-refractivity contribution >= 4 is 11.3 Å². The molecule has 0 amide bonds. The van der Waals surface area contributed by atoms with Crippen LogP contribution in [0.3, 0.4) is 0 Å². The quantitative estimate of drug-likeness (QED) is 0.542. The Morgan fingerprint density at radius 1 is 1.57 bits per heavy atom. The Kier molecular flexibility index (Phi) is 2.53. The molecule has 2 aromatic heterocycles. The minimum absolute atomic E-state index is 0.0949. The molecule has 0 aliphatic rings. The van der Waals surface area contributed by atoms with Gasteiger partial charge in [-0.2, -0.15) is 0 Å². The fourth-order valence-corrected chi connectivity index (χ4v) is 1.93. The second-order valence-electron chi connectivity index (χ2n) is 2.79. The van der Waals surface area contributed by atoms with Gasteiger partial charge in [-0.15, -0.1) is 16.4 Å². The van der Waals surface area contributed by atoms with Gasteiger partial charge < -0.3 is 0 Å². The van der Waals surface area contributed by atoms with Crippen LogP contribution in [0.2, 0.25) is 0 Å². The fraction of sp³-hybridized carbons (Fsp3) is 0.286. The van der Waals surface area contributed by atoms with Crippen LogP contribution in [0.5, 0.6) is 0 Å². The van der Waals surface area contributed by atoms with E-state index in [-0.39, 0.29) is 6.04 Å². The third-order valence-electron chi connectivity index (χ3n) is 1.95. The first-order chi connectivity index (χ1) is 6.83.